The Morgan fingerprint density at radius 3 is 2.43 bits per heavy atom. The van der Waals surface area contributed by atoms with Crippen LogP contribution in [-0.2, 0) is 9.22 Å². The van der Waals surface area contributed by atoms with Crippen molar-refractivity contribution in [1.29, 1.82) is 0 Å². The van der Waals surface area contributed by atoms with Gasteiger partial charge in [0.15, 0.2) is 0 Å². The van der Waals surface area contributed by atoms with E-state index in [1.165, 1.54) is 12.2 Å². The van der Waals surface area contributed by atoms with Gasteiger partial charge in [0, 0.05) is 4.92 Å². The first kappa shape index (κ1) is 12.8. The van der Waals surface area contributed by atoms with E-state index in [1.807, 2.05) is 19.6 Å². The largest absolute Gasteiger partial charge is 0.520 e. The van der Waals surface area contributed by atoms with Crippen LogP contribution < -0.4 is 0 Å². The second kappa shape index (κ2) is 5.53. The molecular weight excluding hydrogens is 202 g/mol. The molecule has 0 aromatic carbocycles. The van der Waals surface area contributed by atoms with Crippen LogP contribution in [0.2, 0.25) is 19.6 Å². The van der Waals surface area contributed by atoms with Crippen molar-refractivity contribution in [1.82, 2.24) is 0 Å². The predicted octanol–water partition coefficient (Wildman–Crippen LogP) is 1.59. The van der Waals surface area contributed by atoms with Gasteiger partial charge in [-0.15, -0.1) is 0 Å². The lowest BCUT2D eigenvalue weighted by molar-refractivity contribution is -0.468. The Labute approximate surface area is 84.0 Å². The molecule has 0 aliphatic heterocycles. The molecule has 0 radical (unpaired) electrons. The first-order valence-corrected chi connectivity index (χ1v) is 7.71. The monoisotopic (exact) mass is 217 g/mol. The molecule has 0 fully saturated rings. The summed E-state index contributed by atoms with van der Waals surface area (Å²) in [5.41, 5.74) is 0. The normalized spacial score (nSPS) is 11.6. The van der Waals surface area contributed by atoms with Crippen LogP contribution in [0.1, 0.15) is 6.42 Å². The number of hydrogen-bond acceptors (Lipinski definition) is 4. The minimum atomic E-state index is -1.82. The highest BCUT2D eigenvalue weighted by Gasteiger charge is 2.18. The van der Waals surface area contributed by atoms with Crippen LogP contribution in [0, 0.1) is 10.1 Å². The number of carbonyl (C=O) groups is 1. The quantitative estimate of drug-likeness (QED) is 0.303. The summed E-state index contributed by atoms with van der Waals surface area (Å²) < 4.78 is 5.12. The minimum absolute atomic E-state index is 0.109. The van der Waals surface area contributed by atoms with E-state index < -0.39 is 13.2 Å². The molecule has 0 N–H and O–H groups in total. The van der Waals surface area contributed by atoms with Gasteiger partial charge >= 0.3 is 0 Å². The summed E-state index contributed by atoms with van der Waals surface area (Å²) in [7, 11) is -1.82. The van der Waals surface area contributed by atoms with Crippen LogP contribution in [0.25, 0.3) is 0 Å². The molecule has 14 heavy (non-hydrogen) atoms. The van der Waals surface area contributed by atoms with Crippen molar-refractivity contribution in [3.8, 4) is 0 Å². The molecule has 0 bridgehead atoms. The molecule has 6 heteroatoms. The number of rotatable bonds is 5. The zero-order valence-corrected chi connectivity index (χ0v) is 9.65. The van der Waals surface area contributed by atoms with Gasteiger partial charge in [-0.2, -0.15) is 0 Å². The molecule has 0 spiro atoms. The molecular formula is C8H15NO4Si. The van der Waals surface area contributed by atoms with Gasteiger partial charge < -0.3 is 4.43 Å². The molecule has 0 aromatic rings. The summed E-state index contributed by atoms with van der Waals surface area (Å²) in [5, 5.41) is 9.92. The zero-order chi connectivity index (χ0) is 11.2. The molecule has 0 unspecified atom stereocenters. The number of hydrogen-bond donors (Lipinski definition) is 0. The molecule has 0 rings (SSSR count). The van der Waals surface area contributed by atoms with Crippen LogP contribution in [-0.4, -0.2) is 25.8 Å². The maximum absolute atomic E-state index is 11.1. The molecule has 0 amide bonds. The third-order valence-corrected chi connectivity index (χ3v) is 1.97. The van der Waals surface area contributed by atoms with E-state index >= 15 is 0 Å². The Bertz CT molecular complexity index is 244. The first-order chi connectivity index (χ1) is 6.31. The van der Waals surface area contributed by atoms with Crippen molar-refractivity contribution in [3.63, 3.8) is 0 Å². The molecule has 0 aliphatic rings. The van der Waals surface area contributed by atoms with E-state index in [2.05, 4.69) is 0 Å². The minimum Gasteiger partial charge on any atom is -0.520 e. The maximum Gasteiger partial charge on any atom is 0.296 e. The van der Waals surface area contributed by atoms with Crippen molar-refractivity contribution in [3.05, 3.63) is 22.3 Å². The molecule has 0 saturated carbocycles. The fourth-order valence-corrected chi connectivity index (χ4v) is 1.49. The lowest BCUT2D eigenvalue weighted by Gasteiger charge is -2.16. The van der Waals surface area contributed by atoms with Crippen molar-refractivity contribution in [2.75, 3.05) is 6.54 Å². The summed E-state index contributed by atoms with van der Waals surface area (Å²) >= 11 is 0. The van der Waals surface area contributed by atoms with E-state index in [9.17, 15) is 14.9 Å². The van der Waals surface area contributed by atoms with Crippen molar-refractivity contribution in [2.45, 2.75) is 26.1 Å². The Balaban J connectivity index is 3.75. The van der Waals surface area contributed by atoms with Crippen LogP contribution >= 0.6 is 0 Å². The SMILES string of the molecule is C[Si](C)(C)OC(=O)CC=CC[N+](=O)[O-]. The molecule has 0 heterocycles. The summed E-state index contributed by atoms with van der Waals surface area (Å²) in [6, 6.07) is 0. The standard InChI is InChI=1S/C8H15NO4Si/c1-14(2,3)13-8(10)6-4-5-7-9(11)12/h4-5H,6-7H2,1-3H3. The summed E-state index contributed by atoms with van der Waals surface area (Å²) in [5.74, 6) is -0.316. The van der Waals surface area contributed by atoms with Gasteiger partial charge in [-0.3, -0.25) is 14.9 Å². The zero-order valence-electron chi connectivity index (χ0n) is 8.65. The fraction of sp³-hybridized carbons (Fsp3) is 0.625. The van der Waals surface area contributed by atoms with E-state index in [0.29, 0.717) is 0 Å². The molecule has 0 atom stereocenters. The van der Waals surface area contributed by atoms with E-state index in [1.54, 1.807) is 0 Å². The average molecular weight is 217 g/mol. The van der Waals surface area contributed by atoms with E-state index in [-0.39, 0.29) is 18.9 Å². The number of nitro groups is 1. The third-order valence-electron chi connectivity index (χ3n) is 1.13. The molecule has 80 valence electrons. The number of carbonyl (C=O) groups excluding carboxylic acids is 1. The van der Waals surface area contributed by atoms with Gasteiger partial charge in [0.25, 0.3) is 5.97 Å². The second-order valence-electron chi connectivity index (χ2n) is 3.78. The highest BCUT2D eigenvalue weighted by Crippen LogP contribution is 2.04. The molecule has 0 aliphatic carbocycles. The van der Waals surface area contributed by atoms with Gasteiger partial charge in [0.2, 0.25) is 14.9 Å². The third kappa shape index (κ3) is 8.92. The highest BCUT2D eigenvalue weighted by molar-refractivity contribution is 6.71. The summed E-state index contributed by atoms with van der Waals surface area (Å²) in [6.45, 7) is 5.48. The van der Waals surface area contributed by atoms with Crippen molar-refractivity contribution >= 4 is 14.3 Å². The Morgan fingerprint density at radius 2 is 2.00 bits per heavy atom. The van der Waals surface area contributed by atoms with Crippen LogP contribution in [0.5, 0.6) is 0 Å². The second-order valence-corrected chi connectivity index (χ2v) is 8.21. The summed E-state index contributed by atoms with van der Waals surface area (Å²) in [6.07, 6.45) is 2.93. The fourth-order valence-electron chi connectivity index (χ4n) is 0.723. The number of nitrogens with zero attached hydrogens (tertiary/aromatic N) is 1. The van der Waals surface area contributed by atoms with Gasteiger partial charge in [-0.25, -0.2) is 0 Å². The van der Waals surface area contributed by atoms with Gasteiger partial charge in [0.1, 0.15) is 0 Å². The lowest BCUT2D eigenvalue weighted by Crippen LogP contribution is -2.28. The Morgan fingerprint density at radius 1 is 1.43 bits per heavy atom. The lowest BCUT2D eigenvalue weighted by atomic mass is 10.4. The van der Waals surface area contributed by atoms with Crippen LogP contribution in [0.4, 0.5) is 0 Å². The molecule has 0 aromatic heterocycles. The Hall–Kier alpha value is -1.17. The van der Waals surface area contributed by atoms with Gasteiger partial charge in [-0.1, -0.05) is 6.08 Å². The summed E-state index contributed by atoms with van der Waals surface area (Å²) in [4.78, 5) is 20.6. The molecule has 0 saturated heterocycles. The van der Waals surface area contributed by atoms with Crippen LogP contribution in [0.15, 0.2) is 12.2 Å². The first-order valence-electron chi connectivity index (χ1n) is 4.30. The van der Waals surface area contributed by atoms with Crippen molar-refractivity contribution < 1.29 is 14.1 Å². The maximum atomic E-state index is 11.1. The Kier molecular flexibility index (Phi) is 5.07. The smallest absolute Gasteiger partial charge is 0.296 e. The van der Waals surface area contributed by atoms with Gasteiger partial charge in [0.05, 0.1) is 6.42 Å². The van der Waals surface area contributed by atoms with Crippen LogP contribution in [0.3, 0.4) is 0 Å². The van der Waals surface area contributed by atoms with Crippen molar-refractivity contribution in [2.24, 2.45) is 0 Å². The van der Waals surface area contributed by atoms with E-state index in [4.69, 9.17) is 4.43 Å². The predicted molar refractivity (Wildman–Crippen MR) is 55.1 cm³/mol. The average Bonchev–Trinajstić information content (AvgIpc) is 1.94. The van der Waals surface area contributed by atoms with E-state index in [0.717, 1.165) is 0 Å². The topological polar surface area (TPSA) is 69.4 Å². The molecule has 5 nitrogen and oxygen atoms in total. The van der Waals surface area contributed by atoms with Gasteiger partial charge in [-0.05, 0) is 25.7 Å². The highest BCUT2D eigenvalue weighted by atomic mass is 28.4.